The highest BCUT2D eigenvalue weighted by atomic mass is 16.7. The van der Waals surface area contributed by atoms with Crippen molar-refractivity contribution >= 4 is 23.6 Å². The molecule has 7 rings (SSSR count). The van der Waals surface area contributed by atoms with Gasteiger partial charge in [-0.25, -0.2) is 9.69 Å². The van der Waals surface area contributed by atoms with Gasteiger partial charge in [-0.15, -0.1) is 0 Å². The van der Waals surface area contributed by atoms with Gasteiger partial charge in [-0.1, -0.05) is 73.7 Å². The van der Waals surface area contributed by atoms with Gasteiger partial charge in [0.2, 0.25) is 5.91 Å². The lowest BCUT2D eigenvalue weighted by molar-refractivity contribution is -0.278. The minimum Gasteiger partial charge on any atom is -0.445 e. The predicted molar refractivity (Wildman–Crippen MR) is 180 cm³/mol. The van der Waals surface area contributed by atoms with Crippen LogP contribution in [0.5, 0.6) is 0 Å². The third kappa shape index (κ3) is 7.46. The SMILES string of the molecule is C[C@@H]1[C@H](CN2CCC3(CC2)OCCO3)O[C@H](c2cccc(N3C(=O)CC(NC(=O)OCc4ccccc4)C3=O)c2)O[C@@H]1c1ccc(CO)cc1. The number of alkyl carbamates (subject to hydrolysis) is 1. The third-order valence-electron chi connectivity index (χ3n) is 10.0. The number of carbonyl (C=O) groups excluding carboxylic acids is 3. The Balaban J connectivity index is 1.06. The molecule has 0 saturated carbocycles. The molecule has 2 N–H and O–H groups in total. The van der Waals surface area contributed by atoms with Gasteiger partial charge in [0.15, 0.2) is 12.1 Å². The van der Waals surface area contributed by atoms with E-state index in [9.17, 15) is 19.5 Å². The van der Waals surface area contributed by atoms with Crippen LogP contribution in [0, 0.1) is 5.92 Å². The Hall–Kier alpha value is -4.17. The predicted octanol–water partition coefficient (Wildman–Crippen LogP) is 4.37. The summed E-state index contributed by atoms with van der Waals surface area (Å²) in [6.07, 6.45) is -0.681. The number of nitrogens with one attached hydrogen (secondary N) is 1. The van der Waals surface area contributed by atoms with Crippen molar-refractivity contribution in [2.45, 2.75) is 69.7 Å². The molecule has 0 aromatic heterocycles. The number of benzene rings is 3. The minimum absolute atomic E-state index is 0.0144. The largest absolute Gasteiger partial charge is 0.445 e. The normalized spacial score (nSPS) is 26.8. The zero-order chi connectivity index (χ0) is 34.7. The molecule has 12 heteroatoms. The number of carbonyl (C=O) groups is 3. The van der Waals surface area contributed by atoms with Gasteiger partial charge < -0.3 is 39.0 Å². The van der Waals surface area contributed by atoms with Crippen LogP contribution in [0.4, 0.5) is 10.5 Å². The summed E-state index contributed by atoms with van der Waals surface area (Å²) >= 11 is 0. The maximum atomic E-state index is 13.4. The molecule has 4 aliphatic rings. The van der Waals surface area contributed by atoms with E-state index in [1.54, 1.807) is 18.2 Å². The lowest BCUT2D eigenvalue weighted by atomic mass is 9.89. The van der Waals surface area contributed by atoms with Crippen LogP contribution in [0.15, 0.2) is 78.9 Å². The minimum atomic E-state index is -1.04. The first kappa shape index (κ1) is 34.3. The number of hydrogen-bond donors (Lipinski definition) is 2. The monoisotopic (exact) mass is 685 g/mol. The second-order valence-electron chi connectivity index (χ2n) is 13.4. The average Bonchev–Trinajstić information content (AvgIpc) is 3.72. The van der Waals surface area contributed by atoms with E-state index >= 15 is 0 Å². The zero-order valence-electron chi connectivity index (χ0n) is 28.1. The van der Waals surface area contributed by atoms with Crippen LogP contribution in [0.25, 0.3) is 0 Å². The smallest absolute Gasteiger partial charge is 0.408 e. The number of rotatable bonds is 9. The Morgan fingerprint density at radius 1 is 0.920 bits per heavy atom. The second kappa shape index (κ2) is 15.0. The van der Waals surface area contributed by atoms with E-state index in [1.807, 2.05) is 60.7 Å². The first-order valence-corrected chi connectivity index (χ1v) is 17.3. The van der Waals surface area contributed by atoms with Crippen LogP contribution in [0.2, 0.25) is 0 Å². The molecule has 3 amide bonds. The van der Waals surface area contributed by atoms with Crippen LogP contribution in [-0.2, 0) is 46.5 Å². The molecule has 3 aromatic carbocycles. The van der Waals surface area contributed by atoms with Gasteiger partial charge >= 0.3 is 6.09 Å². The number of piperidine rings is 1. The molecule has 4 heterocycles. The van der Waals surface area contributed by atoms with E-state index in [1.165, 1.54) is 0 Å². The molecule has 264 valence electrons. The summed E-state index contributed by atoms with van der Waals surface area (Å²) in [5.74, 6) is -1.46. The first-order chi connectivity index (χ1) is 24.3. The van der Waals surface area contributed by atoms with Crippen molar-refractivity contribution in [2.24, 2.45) is 5.92 Å². The third-order valence-corrected chi connectivity index (χ3v) is 10.0. The molecule has 1 spiro atoms. The Morgan fingerprint density at radius 2 is 1.66 bits per heavy atom. The molecular formula is C38H43N3O9. The number of imide groups is 1. The van der Waals surface area contributed by atoms with Crippen molar-refractivity contribution in [3.8, 4) is 0 Å². The average molecular weight is 686 g/mol. The Labute approximate surface area is 291 Å². The lowest BCUT2D eigenvalue weighted by Gasteiger charge is -2.44. The zero-order valence-corrected chi connectivity index (χ0v) is 28.1. The summed E-state index contributed by atoms with van der Waals surface area (Å²) in [7, 11) is 0. The summed E-state index contributed by atoms with van der Waals surface area (Å²) in [6.45, 7) is 5.69. The van der Waals surface area contributed by atoms with Gasteiger partial charge in [-0.3, -0.25) is 9.59 Å². The highest BCUT2D eigenvalue weighted by Crippen LogP contribution is 2.43. The fourth-order valence-electron chi connectivity index (χ4n) is 7.18. The lowest BCUT2D eigenvalue weighted by Crippen LogP contribution is -2.50. The maximum Gasteiger partial charge on any atom is 0.408 e. The van der Waals surface area contributed by atoms with Crippen molar-refractivity contribution in [2.75, 3.05) is 37.7 Å². The quantitative estimate of drug-likeness (QED) is 0.313. The van der Waals surface area contributed by atoms with Gasteiger partial charge in [0.1, 0.15) is 12.6 Å². The molecule has 12 nitrogen and oxygen atoms in total. The van der Waals surface area contributed by atoms with Crippen molar-refractivity contribution in [1.29, 1.82) is 0 Å². The fraction of sp³-hybridized carbons (Fsp3) is 0.447. The van der Waals surface area contributed by atoms with E-state index in [4.69, 9.17) is 23.7 Å². The molecule has 0 radical (unpaired) electrons. The van der Waals surface area contributed by atoms with Gasteiger partial charge in [-0.2, -0.15) is 0 Å². The van der Waals surface area contributed by atoms with Gasteiger partial charge in [0, 0.05) is 44.0 Å². The number of aliphatic hydroxyl groups excluding tert-OH is 1. The topological polar surface area (TPSA) is 136 Å². The number of hydrogen-bond acceptors (Lipinski definition) is 10. The van der Waals surface area contributed by atoms with Crippen LogP contribution >= 0.6 is 0 Å². The second-order valence-corrected chi connectivity index (χ2v) is 13.4. The van der Waals surface area contributed by atoms with E-state index in [0.717, 1.165) is 47.5 Å². The molecule has 0 bridgehead atoms. The summed E-state index contributed by atoms with van der Waals surface area (Å²) < 4.78 is 30.5. The van der Waals surface area contributed by atoms with Crippen molar-refractivity contribution < 1.29 is 43.2 Å². The van der Waals surface area contributed by atoms with Crippen LogP contribution in [0.3, 0.4) is 0 Å². The molecular weight excluding hydrogens is 642 g/mol. The molecule has 5 atom stereocenters. The van der Waals surface area contributed by atoms with E-state index < -0.39 is 36.0 Å². The highest BCUT2D eigenvalue weighted by Gasteiger charge is 2.44. The number of amides is 3. The molecule has 50 heavy (non-hydrogen) atoms. The van der Waals surface area contributed by atoms with Crippen molar-refractivity contribution in [1.82, 2.24) is 10.2 Å². The van der Waals surface area contributed by atoms with Crippen molar-refractivity contribution in [3.63, 3.8) is 0 Å². The Bertz CT molecular complexity index is 1650. The molecule has 1 unspecified atom stereocenters. The van der Waals surface area contributed by atoms with E-state index in [-0.39, 0.29) is 37.8 Å². The maximum absolute atomic E-state index is 13.4. The number of ether oxygens (including phenoxy) is 5. The number of nitrogens with zero attached hydrogens (tertiary/aromatic N) is 2. The summed E-state index contributed by atoms with van der Waals surface area (Å²) in [6, 6.07) is 22.9. The van der Waals surface area contributed by atoms with Crippen LogP contribution < -0.4 is 10.2 Å². The highest BCUT2D eigenvalue weighted by molar-refractivity contribution is 6.22. The van der Waals surface area contributed by atoms with Crippen molar-refractivity contribution in [3.05, 3.63) is 101 Å². The molecule has 4 fully saturated rings. The van der Waals surface area contributed by atoms with Gasteiger partial charge in [0.25, 0.3) is 5.91 Å². The standard InChI is InChI=1S/C38H43N3O9/c1-25-32(22-40-16-14-38(15-17-40)47-18-19-48-38)49-36(50-34(25)28-12-10-26(23-42)11-13-28)29-8-5-9-30(20-29)41-33(43)21-31(35(41)44)39-37(45)46-24-27-6-3-2-4-7-27/h2-13,20,25,31-32,34,36,42H,14-19,21-24H2,1H3,(H,39,45)/t25-,31?,32+,34+,36+/m1/s1. The molecule has 4 aliphatic heterocycles. The van der Waals surface area contributed by atoms with Gasteiger partial charge in [-0.05, 0) is 28.8 Å². The number of likely N-dealkylation sites (tertiary alicyclic amines) is 1. The van der Waals surface area contributed by atoms with E-state index in [2.05, 4.69) is 17.1 Å². The Morgan fingerprint density at radius 3 is 2.38 bits per heavy atom. The summed E-state index contributed by atoms with van der Waals surface area (Å²) in [5.41, 5.74) is 3.60. The van der Waals surface area contributed by atoms with E-state index in [0.29, 0.717) is 31.0 Å². The summed E-state index contributed by atoms with van der Waals surface area (Å²) in [5, 5.41) is 12.2. The number of anilines is 1. The molecule has 4 saturated heterocycles. The van der Waals surface area contributed by atoms with Gasteiger partial charge in [0.05, 0.1) is 44.1 Å². The number of aliphatic hydroxyl groups is 1. The first-order valence-electron chi connectivity index (χ1n) is 17.3. The summed E-state index contributed by atoms with van der Waals surface area (Å²) in [4.78, 5) is 42.6. The fourth-order valence-corrected chi connectivity index (χ4v) is 7.18. The Kier molecular flexibility index (Phi) is 10.3. The van der Waals surface area contributed by atoms with Crippen LogP contribution in [0.1, 0.15) is 60.8 Å². The molecule has 0 aliphatic carbocycles. The molecule has 3 aromatic rings. The van der Waals surface area contributed by atoms with Crippen LogP contribution in [-0.4, -0.2) is 78.7 Å².